The first-order valence-corrected chi connectivity index (χ1v) is 10.4. The number of anilines is 2. The third-order valence-electron chi connectivity index (χ3n) is 3.97. The second-order valence-corrected chi connectivity index (χ2v) is 8.24. The second kappa shape index (κ2) is 8.09. The number of fused-ring (bicyclic) bond motifs is 1. The topological polar surface area (TPSA) is 100 Å². The van der Waals surface area contributed by atoms with Crippen LogP contribution in [0.25, 0.3) is 11.0 Å². The highest BCUT2D eigenvalue weighted by molar-refractivity contribution is 7.89. The molecular formula is C19H19N3O4S2. The van der Waals surface area contributed by atoms with Crippen molar-refractivity contribution >= 4 is 49.7 Å². The molecule has 0 aliphatic heterocycles. The van der Waals surface area contributed by atoms with Crippen LogP contribution in [0.15, 0.2) is 62.6 Å². The minimum Gasteiger partial charge on any atom is -0.423 e. The van der Waals surface area contributed by atoms with E-state index in [1.165, 1.54) is 18.2 Å². The minimum absolute atomic E-state index is 0.179. The molecule has 0 spiro atoms. The van der Waals surface area contributed by atoms with Gasteiger partial charge < -0.3 is 15.1 Å². The van der Waals surface area contributed by atoms with E-state index in [0.717, 1.165) is 10.9 Å². The van der Waals surface area contributed by atoms with E-state index in [9.17, 15) is 13.2 Å². The third kappa shape index (κ3) is 4.56. The van der Waals surface area contributed by atoms with Gasteiger partial charge in [-0.1, -0.05) is 6.92 Å². The van der Waals surface area contributed by atoms with Crippen LogP contribution in [0.3, 0.4) is 0 Å². The number of aryl methyl sites for hydroxylation is 1. The number of nitrogens with one attached hydrogen (secondary N) is 3. The van der Waals surface area contributed by atoms with Crippen molar-refractivity contribution in [1.29, 1.82) is 0 Å². The maximum absolute atomic E-state index is 12.0. The predicted octanol–water partition coefficient (Wildman–Crippen LogP) is 3.21. The first-order valence-electron chi connectivity index (χ1n) is 8.51. The molecule has 7 nitrogen and oxygen atoms in total. The lowest BCUT2D eigenvalue weighted by Gasteiger charge is -2.12. The molecule has 3 N–H and O–H groups in total. The molecule has 0 radical (unpaired) electrons. The molecule has 0 unspecified atom stereocenters. The normalized spacial score (nSPS) is 11.4. The maximum Gasteiger partial charge on any atom is 0.336 e. The maximum atomic E-state index is 12.0. The highest BCUT2D eigenvalue weighted by Gasteiger charge is 2.12. The van der Waals surface area contributed by atoms with E-state index in [-0.39, 0.29) is 4.90 Å². The van der Waals surface area contributed by atoms with E-state index in [1.54, 1.807) is 25.1 Å². The summed E-state index contributed by atoms with van der Waals surface area (Å²) in [5.74, 6) is 0. The van der Waals surface area contributed by atoms with E-state index in [0.29, 0.717) is 28.6 Å². The van der Waals surface area contributed by atoms with E-state index in [1.807, 2.05) is 19.1 Å². The number of benzene rings is 2. The van der Waals surface area contributed by atoms with E-state index >= 15 is 0 Å². The van der Waals surface area contributed by atoms with E-state index in [2.05, 4.69) is 15.4 Å². The van der Waals surface area contributed by atoms with Crippen molar-refractivity contribution in [2.45, 2.75) is 18.7 Å². The summed E-state index contributed by atoms with van der Waals surface area (Å²) < 4.78 is 31.6. The number of rotatable bonds is 5. The van der Waals surface area contributed by atoms with Crippen molar-refractivity contribution in [2.24, 2.45) is 0 Å². The fraction of sp³-hybridized carbons (Fsp3) is 0.158. The fourth-order valence-corrected chi connectivity index (χ4v) is 3.96. The van der Waals surface area contributed by atoms with Gasteiger partial charge in [-0.25, -0.2) is 17.9 Å². The highest BCUT2D eigenvalue weighted by Crippen LogP contribution is 2.21. The van der Waals surface area contributed by atoms with Crippen LogP contribution in [-0.4, -0.2) is 20.1 Å². The molecule has 0 aliphatic rings. The van der Waals surface area contributed by atoms with Crippen LogP contribution in [0.5, 0.6) is 0 Å². The smallest absolute Gasteiger partial charge is 0.336 e. The Bertz CT molecular complexity index is 1190. The lowest BCUT2D eigenvalue weighted by Crippen LogP contribution is -2.23. The van der Waals surface area contributed by atoms with Crippen molar-refractivity contribution in [3.63, 3.8) is 0 Å². The van der Waals surface area contributed by atoms with Gasteiger partial charge in [0.25, 0.3) is 0 Å². The lowest BCUT2D eigenvalue weighted by molar-refractivity contribution is 0.560. The third-order valence-corrected chi connectivity index (χ3v) is 5.73. The van der Waals surface area contributed by atoms with Crippen molar-refractivity contribution in [3.8, 4) is 0 Å². The molecular weight excluding hydrogens is 398 g/mol. The van der Waals surface area contributed by atoms with Gasteiger partial charge in [0.1, 0.15) is 5.58 Å². The molecule has 146 valence electrons. The monoisotopic (exact) mass is 417 g/mol. The largest absolute Gasteiger partial charge is 0.423 e. The molecule has 0 bridgehead atoms. The van der Waals surface area contributed by atoms with Crippen molar-refractivity contribution < 1.29 is 12.8 Å². The van der Waals surface area contributed by atoms with Gasteiger partial charge in [-0.15, -0.1) is 0 Å². The Kier molecular flexibility index (Phi) is 5.78. The van der Waals surface area contributed by atoms with Gasteiger partial charge in [0, 0.05) is 35.4 Å². The molecule has 0 saturated carbocycles. The lowest BCUT2D eigenvalue weighted by atomic mass is 10.1. The Hall–Kier alpha value is -2.75. The summed E-state index contributed by atoms with van der Waals surface area (Å²) >= 11 is 5.30. The van der Waals surface area contributed by atoms with Crippen LogP contribution in [0.2, 0.25) is 0 Å². The Morgan fingerprint density at radius 1 is 1.04 bits per heavy atom. The minimum atomic E-state index is -3.49. The van der Waals surface area contributed by atoms with Crippen molar-refractivity contribution in [3.05, 3.63) is 64.5 Å². The quantitative estimate of drug-likeness (QED) is 0.433. The van der Waals surface area contributed by atoms with Gasteiger partial charge in [-0.05, 0) is 61.1 Å². The Morgan fingerprint density at radius 2 is 1.68 bits per heavy atom. The second-order valence-electron chi connectivity index (χ2n) is 6.06. The summed E-state index contributed by atoms with van der Waals surface area (Å²) in [5, 5.41) is 7.16. The zero-order chi connectivity index (χ0) is 20.3. The molecule has 0 amide bonds. The molecule has 0 saturated heterocycles. The van der Waals surface area contributed by atoms with E-state index < -0.39 is 15.6 Å². The van der Waals surface area contributed by atoms with E-state index in [4.69, 9.17) is 16.6 Å². The van der Waals surface area contributed by atoms with Crippen LogP contribution in [0.1, 0.15) is 12.5 Å². The SMILES string of the molecule is CCNS(=O)(=O)c1ccc(NC(=S)Nc2ccc3c(C)cc(=O)oc3c2)cc1. The molecule has 2 aromatic carbocycles. The highest BCUT2D eigenvalue weighted by atomic mass is 32.2. The molecule has 0 fully saturated rings. The Labute approximate surface area is 167 Å². The predicted molar refractivity (Wildman–Crippen MR) is 114 cm³/mol. The Balaban J connectivity index is 1.72. The van der Waals surface area contributed by atoms with Gasteiger partial charge >= 0.3 is 5.63 Å². The average Bonchev–Trinajstić information content (AvgIpc) is 2.61. The number of hydrogen-bond donors (Lipinski definition) is 3. The molecule has 1 heterocycles. The van der Waals surface area contributed by atoms with Crippen LogP contribution < -0.4 is 21.0 Å². The van der Waals surface area contributed by atoms with Crippen molar-refractivity contribution in [2.75, 3.05) is 17.2 Å². The summed E-state index contributed by atoms with van der Waals surface area (Å²) in [5.41, 5.74) is 2.19. The summed E-state index contributed by atoms with van der Waals surface area (Å²) in [4.78, 5) is 11.7. The number of hydrogen-bond acceptors (Lipinski definition) is 5. The van der Waals surface area contributed by atoms with Gasteiger partial charge in [0.15, 0.2) is 5.11 Å². The average molecular weight is 418 g/mol. The summed E-state index contributed by atoms with van der Waals surface area (Å²) in [7, 11) is -3.49. The van der Waals surface area contributed by atoms with Crippen LogP contribution in [-0.2, 0) is 10.0 Å². The molecule has 9 heteroatoms. The molecule has 0 aliphatic carbocycles. The first kappa shape index (κ1) is 20.0. The summed E-state index contributed by atoms with van der Waals surface area (Å²) in [6.45, 7) is 3.89. The van der Waals surface area contributed by atoms with Crippen LogP contribution in [0, 0.1) is 6.92 Å². The fourth-order valence-electron chi connectivity index (χ4n) is 2.69. The molecule has 3 aromatic rings. The zero-order valence-corrected chi connectivity index (χ0v) is 16.9. The summed E-state index contributed by atoms with van der Waals surface area (Å²) in [6, 6.07) is 13.1. The summed E-state index contributed by atoms with van der Waals surface area (Å²) in [6.07, 6.45) is 0. The van der Waals surface area contributed by atoms with Crippen LogP contribution >= 0.6 is 12.2 Å². The molecule has 1 aromatic heterocycles. The van der Waals surface area contributed by atoms with Crippen molar-refractivity contribution in [1.82, 2.24) is 4.72 Å². The number of sulfonamides is 1. The van der Waals surface area contributed by atoms with Gasteiger partial charge in [0.2, 0.25) is 10.0 Å². The van der Waals surface area contributed by atoms with Gasteiger partial charge in [-0.2, -0.15) is 0 Å². The van der Waals surface area contributed by atoms with Gasteiger partial charge in [0.05, 0.1) is 4.90 Å². The molecule has 3 rings (SSSR count). The Morgan fingerprint density at radius 3 is 2.36 bits per heavy atom. The zero-order valence-electron chi connectivity index (χ0n) is 15.3. The van der Waals surface area contributed by atoms with Gasteiger partial charge in [-0.3, -0.25) is 0 Å². The standard InChI is InChI=1S/C19H19N3O4S2/c1-3-20-28(24,25)15-7-4-13(5-8-15)21-19(27)22-14-6-9-16-12(2)10-18(23)26-17(16)11-14/h4-11,20H,3H2,1-2H3,(H2,21,22,27). The molecule has 28 heavy (non-hydrogen) atoms. The number of thiocarbonyl (C=S) groups is 1. The molecule has 0 atom stereocenters. The van der Waals surface area contributed by atoms with Crippen LogP contribution in [0.4, 0.5) is 11.4 Å². The first-order chi connectivity index (χ1) is 13.3.